The Bertz CT molecular complexity index is 1130. The minimum atomic E-state index is -0.763. The van der Waals surface area contributed by atoms with Gasteiger partial charge in [0.2, 0.25) is 0 Å². The number of aromatic hydroxyl groups is 3. The maximum Gasteiger partial charge on any atom is 0.197 e. The molecule has 124 valence electrons. The predicted molar refractivity (Wildman–Crippen MR) is 86.4 cm³/mol. The normalized spacial score (nSPS) is 13.0. The molecule has 0 spiro atoms. The largest absolute Gasteiger partial charge is 0.872 e. The summed E-state index contributed by atoms with van der Waals surface area (Å²) in [6.45, 7) is 1.62. The zero-order chi connectivity index (χ0) is 18.0. The number of carbonyl (C=O) groups is 2. The SMILES string of the molecule is Cc1cc(O)cc2cc3c(c([O-])c12)C(=O)c1c(O)cc(O)cc1C3=O. The number of hydrogen-bond donors (Lipinski definition) is 3. The molecular formula is C19H11O6-. The number of phenolic OH excluding ortho intramolecular Hbond substituents is 3. The van der Waals surface area contributed by atoms with Gasteiger partial charge in [0, 0.05) is 22.8 Å². The highest BCUT2D eigenvalue weighted by Crippen LogP contribution is 2.42. The lowest BCUT2D eigenvalue weighted by Gasteiger charge is -2.25. The zero-order valence-corrected chi connectivity index (χ0v) is 13.0. The van der Waals surface area contributed by atoms with E-state index in [1.54, 1.807) is 6.92 Å². The molecule has 6 heteroatoms. The quantitative estimate of drug-likeness (QED) is 0.453. The van der Waals surface area contributed by atoms with Crippen molar-refractivity contribution in [2.24, 2.45) is 0 Å². The van der Waals surface area contributed by atoms with Crippen LogP contribution in [0.5, 0.6) is 23.0 Å². The predicted octanol–water partition coefficient (Wildman–Crippen LogP) is 2.11. The molecule has 0 fully saturated rings. The summed E-state index contributed by atoms with van der Waals surface area (Å²) in [7, 11) is 0. The lowest BCUT2D eigenvalue weighted by molar-refractivity contribution is -0.266. The Morgan fingerprint density at radius 1 is 0.800 bits per heavy atom. The van der Waals surface area contributed by atoms with Gasteiger partial charge in [0.05, 0.1) is 5.56 Å². The Morgan fingerprint density at radius 2 is 1.44 bits per heavy atom. The average molecular weight is 335 g/mol. The Kier molecular flexibility index (Phi) is 2.84. The molecule has 3 aromatic rings. The number of rotatable bonds is 0. The van der Waals surface area contributed by atoms with Gasteiger partial charge < -0.3 is 20.4 Å². The van der Waals surface area contributed by atoms with Crippen molar-refractivity contribution in [3.8, 4) is 23.0 Å². The number of ketones is 2. The lowest BCUT2D eigenvalue weighted by Crippen LogP contribution is -2.23. The van der Waals surface area contributed by atoms with Gasteiger partial charge in [-0.05, 0) is 47.5 Å². The maximum atomic E-state index is 12.9. The van der Waals surface area contributed by atoms with Crippen molar-refractivity contribution in [2.45, 2.75) is 6.92 Å². The highest BCUT2D eigenvalue weighted by molar-refractivity contribution is 6.32. The number of carbonyl (C=O) groups excluding carboxylic acids is 2. The molecule has 0 radical (unpaired) electrons. The molecule has 3 N–H and O–H groups in total. The lowest BCUT2D eigenvalue weighted by atomic mass is 9.81. The van der Waals surface area contributed by atoms with E-state index < -0.39 is 23.1 Å². The first-order chi connectivity index (χ1) is 11.8. The van der Waals surface area contributed by atoms with Crippen molar-refractivity contribution in [1.29, 1.82) is 0 Å². The van der Waals surface area contributed by atoms with Gasteiger partial charge in [0.1, 0.15) is 17.2 Å². The van der Waals surface area contributed by atoms with E-state index in [2.05, 4.69) is 0 Å². The van der Waals surface area contributed by atoms with E-state index in [9.17, 15) is 30.0 Å². The number of phenols is 3. The van der Waals surface area contributed by atoms with E-state index in [-0.39, 0.29) is 39.1 Å². The summed E-state index contributed by atoms with van der Waals surface area (Å²) in [5.74, 6) is -3.01. The Morgan fingerprint density at radius 3 is 2.16 bits per heavy atom. The number of fused-ring (bicyclic) bond motifs is 3. The molecule has 4 rings (SSSR count). The smallest absolute Gasteiger partial charge is 0.197 e. The molecule has 0 bridgehead atoms. The molecule has 0 atom stereocenters. The van der Waals surface area contributed by atoms with Crippen molar-refractivity contribution in [3.05, 3.63) is 58.1 Å². The standard InChI is InChI=1S/C19H12O6/c1-7-2-9(20)3-8-4-11-16(18(24)14(7)8)19(25)15-12(17(11)23)5-10(21)6-13(15)22/h2-6,20-22,24H,1H3/p-1. The van der Waals surface area contributed by atoms with E-state index in [1.165, 1.54) is 18.2 Å². The van der Waals surface area contributed by atoms with Crippen LogP contribution in [0.4, 0.5) is 0 Å². The first kappa shape index (κ1) is 15.0. The topological polar surface area (TPSA) is 118 Å². The minimum Gasteiger partial charge on any atom is -0.872 e. The summed E-state index contributed by atoms with van der Waals surface area (Å²) in [5, 5.41) is 42.8. The summed E-state index contributed by atoms with van der Waals surface area (Å²) in [6, 6.07) is 6.15. The van der Waals surface area contributed by atoms with E-state index >= 15 is 0 Å². The maximum absolute atomic E-state index is 12.9. The summed E-state index contributed by atoms with van der Waals surface area (Å²) >= 11 is 0. The van der Waals surface area contributed by atoms with Crippen LogP contribution in [0.2, 0.25) is 0 Å². The minimum absolute atomic E-state index is 0.0605. The summed E-state index contributed by atoms with van der Waals surface area (Å²) < 4.78 is 0. The fraction of sp³-hybridized carbons (Fsp3) is 0.0526. The Hall–Kier alpha value is -3.54. The summed E-state index contributed by atoms with van der Waals surface area (Å²) in [5.41, 5.74) is -0.387. The van der Waals surface area contributed by atoms with Crippen LogP contribution in [0, 0.1) is 6.92 Å². The molecular weight excluding hydrogens is 324 g/mol. The summed E-state index contributed by atoms with van der Waals surface area (Å²) in [4.78, 5) is 25.5. The number of hydrogen-bond acceptors (Lipinski definition) is 6. The first-order valence-electron chi connectivity index (χ1n) is 7.42. The molecule has 6 nitrogen and oxygen atoms in total. The Balaban J connectivity index is 2.14. The third kappa shape index (κ3) is 1.91. The van der Waals surface area contributed by atoms with Gasteiger partial charge in [-0.2, -0.15) is 0 Å². The molecule has 0 unspecified atom stereocenters. The molecule has 0 saturated heterocycles. The molecule has 1 aliphatic rings. The second kappa shape index (κ2) is 4.73. The van der Waals surface area contributed by atoms with Crippen LogP contribution in [0.15, 0.2) is 30.3 Å². The van der Waals surface area contributed by atoms with Gasteiger partial charge in [-0.1, -0.05) is 5.75 Å². The highest BCUT2D eigenvalue weighted by atomic mass is 16.3. The van der Waals surface area contributed by atoms with Crippen molar-refractivity contribution >= 4 is 22.3 Å². The van der Waals surface area contributed by atoms with Gasteiger partial charge >= 0.3 is 0 Å². The average Bonchev–Trinajstić information content (AvgIpc) is 2.50. The van der Waals surface area contributed by atoms with Gasteiger partial charge in [-0.25, -0.2) is 0 Å². The highest BCUT2D eigenvalue weighted by Gasteiger charge is 2.33. The second-order valence-electron chi connectivity index (χ2n) is 6.03. The third-order valence-corrected chi connectivity index (χ3v) is 4.42. The van der Waals surface area contributed by atoms with E-state index in [0.29, 0.717) is 10.9 Å². The van der Waals surface area contributed by atoms with Crippen LogP contribution < -0.4 is 5.11 Å². The van der Waals surface area contributed by atoms with Crippen LogP contribution >= 0.6 is 0 Å². The van der Waals surface area contributed by atoms with Crippen molar-refractivity contribution in [2.75, 3.05) is 0 Å². The zero-order valence-electron chi connectivity index (χ0n) is 13.0. The monoisotopic (exact) mass is 335 g/mol. The van der Waals surface area contributed by atoms with Crippen molar-refractivity contribution in [3.63, 3.8) is 0 Å². The molecule has 25 heavy (non-hydrogen) atoms. The van der Waals surface area contributed by atoms with Gasteiger partial charge in [0.25, 0.3) is 0 Å². The number of aryl methyl sites for hydroxylation is 1. The van der Waals surface area contributed by atoms with Crippen LogP contribution in [0.25, 0.3) is 10.8 Å². The van der Waals surface area contributed by atoms with E-state index in [4.69, 9.17) is 0 Å². The molecule has 0 aromatic heterocycles. The van der Waals surface area contributed by atoms with Gasteiger partial charge in [0.15, 0.2) is 11.6 Å². The van der Waals surface area contributed by atoms with E-state index in [0.717, 1.165) is 12.1 Å². The van der Waals surface area contributed by atoms with Crippen LogP contribution in [0.3, 0.4) is 0 Å². The fourth-order valence-corrected chi connectivity index (χ4v) is 3.40. The van der Waals surface area contributed by atoms with Crippen molar-refractivity contribution < 1.29 is 30.0 Å². The molecule has 0 saturated carbocycles. The van der Waals surface area contributed by atoms with Crippen LogP contribution in [-0.2, 0) is 0 Å². The van der Waals surface area contributed by atoms with E-state index in [1.807, 2.05) is 0 Å². The van der Waals surface area contributed by atoms with Crippen LogP contribution in [-0.4, -0.2) is 26.9 Å². The summed E-state index contributed by atoms with van der Waals surface area (Å²) in [6.07, 6.45) is 0. The Labute approximate surface area is 141 Å². The van der Waals surface area contributed by atoms with Crippen molar-refractivity contribution in [1.82, 2.24) is 0 Å². The third-order valence-electron chi connectivity index (χ3n) is 4.42. The van der Waals surface area contributed by atoms with Gasteiger partial charge in [-0.3, -0.25) is 9.59 Å². The number of benzene rings is 3. The molecule has 1 aliphatic carbocycles. The molecule has 3 aromatic carbocycles. The first-order valence-corrected chi connectivity index (χ1v) is 7.42. The van der Waals surface area contributed by atoms with Crippen LogP contribution in [0.1, 0.15) is 37.4 Å². The second-order valence-corrected chi connectivity index (χ2v) is 6.03. The molecule has 0 aliphatic heterocycles. The van der Waals surface area contributed by atoms with Gasteiger partial charge in [-0.15, -0.1) is 0 Å². The molecule has 0 amide bonds. The molecule has 0 heterocycles. The fourth-order valence-electron chi connectivity index (χ4n) is 3.40.